The van der Waals surface area contributed by atoms with E-state index in [1.54, 1.807) is 23.9 Å². The van der Waals surface area contributed by atoms with Gasteiger partial charge in [0.15, 0.2) is 5.65 Å². The highest BCUT2D eigenvalue weighted by Crippen LogP contribution is 2.33. The van der Waals surface area contributed by atoms with Gasteiger partial charge in [-0.2, -0.15) is 4.98 Å². The highest BCUT2D eigenvalue weighted by molar-refractivity contribution is 6.31. The fourth-order valence-corrected chi connectivity index (χ4v) is 3.30. The minimum absolute atomic E-state index is 0.431. The van der Waals surface area contributed by atoms with Gasteiger partial charge in [-0.15, -0.1) is 5.10 Å². The van der Waals surface area contributed by atoms with Crippen LogP contribution < -0.4 is 11.1 Å². The molecule has 0 aliphatic carbocycles. The molecule has 9 heteroatoms. The third-order valence-corrected chi connectivity index (χ3v) is 4.81. The van der Waals surface area contributed by atoms with Gasteiger partial charge in [0, 0.05) is 29.3 Å². The van der Waals surface area contributed by atoms with E-state index >= 15 is 0 Å². The number of fused-ring (bicyclic) bond motifs is 1. The van der Waals surface area contributed by atoms with Gasteiger partial charge in [-0.25, -0.2) is 9.67 Å². The lowest BCUT2D eigenvalue weighted by Crippen LogP contribution is -2.10. The number of rotatable bonds is 6. The molecule has 2 heterocycles. The standard InChI is InChI=1S/C20H18Cl2N6O/c1-29-10-9-24-20-25-17(12-3-2-4-14(22)11-12)16-18(23)28(27-19(16)26-20)15-7-5-13(21)6-8-15/h2-8,11H,9-10,23H2,1H3,(H,24,26,27). The average molecular weight is 429 g/mol. The van der Waals surface area contributed by atoms with Crippen molar-refractivity contribution in [1.82, 2.24) is 19.7 Å². The second-order valence-electron chi connectivity index (χ2n) is 6.30. The maximum absolute atomic E-state index is 6.47. The number of nitrogen functional groups attached to an aromatic ring is 1. The number of anilines is 2. The zero-order valence-electron chi connectivity index (χ0n) is 15.6. The lowest BCUT2D eigenvalue weighted by atomic mass is 10.1. The van der Waals surface area contributed by atoms with E-state index in [0.29, 0.717) is 51.7 Å². The van der Waals surface area contributed by atoms with Gasteiger partial charge in [0.2, 0.25) is 5.95 Å². The lowest BCUT2D eigenvalue weighted by Gasteiger charge is -2.08. The smallest absolute Gasteiger partial charge is 0.225 e. The first kappa shape index (κ1) is 19.4. The second kappa shape index (κ2) is 8.24. The topological polar surface area (TPSA) is 90.9 Å². The Bertz CT molecular complexity index is 1160. The number of benzene rings is 2. The van der Waals surface area contributed by atoms with Crippen LogP contribution in [0.2, 0.25) is 10.0 Å². The Morgan fingerprint density at radius 1 is 1.07 bits per heavy atom. The quantitative estimate of drug-likeness (QED) is 0.441. The molecule has 2 aromatic carbocycles. The maximum atomic E-state index is 6.47. The van der Waals surface area contributed by atoms with Crippen LogP contribution in [0, 0.1) is 0 Å². The Hall–Kier alpha value is -2.87. The Labute approximate surface area is 177 Å². The number of aromatic nitrogens is 4. The Morgan fingerprint density at radius 3 is 2.59 bits per heavy atom. The SMILES string of the molecule is COCCNc1nc(-c2cccc(Cl)c2)c2c(N)n(-c3ccc(Cl)cc3)nc2n1. The molecule has 0 amide bonds. The van der Waals surface area contributed by atoms with Crippen LogP contribution in [-0.4, -0.2) is 40.0 Å². The third kappa shape index (κ3) is 3.98. The van der Waals surface area contributed by atoms with E-state index in [-0.39, 0.29) is 0 Å². The first-order valence-electron chi connectivity index (χ1n) is 8.88. The summed E-state index contributed by atoms with van der Waals surface area (Å²) < 4.78 is 6.71. The zero-order chi connectivity index (χ0) is 20.4. The monoisotopic (exact) mass is 428 g/mol. The average Bonchev–Trinajstić information content (AvgIpc) is 3.05. The highest BCUT2D eigenvalue weighted by Gasteiger charge is 2.19. The van der Waals surface area contributed by atoms with E-state index in [1.165, 1.54) is 0 Å². The van der Waals surface area contributed by atoms with Crippen LogP contribution in [0.5, 0.6) is 0 Å². The zero-order valence-corrected chi connectivity index (χ0v) is 17.1. The van der Waals surface area contributed by atoms with E-state index < -0.39 is 0 Å². The van der Waals surface area contributed by atoms with Gasteiger partial charge in [0.05, 0.1) is 23.4 Å². The first-order valence-corrected chi connectivity index (χ1v) is 9.63. The molecule has 148 valence electrons. The number of methoxy groups -OCH3 is 1. The van der Waals surface area contributed by atoms with Crippen molar-refractivity contribution in [1.29, 1.82) is 0 Å². The van der Waals surface area contributed by atoms with Crippen molar-refractivity contribution in [2.45, 2.75) is 0 Å². The molecule has 0 aliphatic rings. The second-order valence-corrected chi connectivity index (χ2v) is 7.17. The number of ether oxygens (including phenoxy) is 1. The summed E-state index contributed by atoms with van der Waals surface area (Å²) in [5.74, 6) is 0.867. The summed E-state index contributed by atoms with van der Waals surface area (Å²) in [6.07, 6.45) is 0. The summed E-state index contributed by atoms with van der Waals surface area (Å²) in [4.78, 5) is 9.21. The number of nitrogens with one attached hydrogen (secondary N) is 1. The van der Waals surface area contributed by atoms with Gasteiger partial charge in [-0.1, -0.05) is 35.3 Å². The molecular weight excluding hydrogens is 411 g/mol. The predicted molar refractivity (Wildman–Crippen MR) is 117 cm³/mol. The molecule has 4 rings (SSSR count). The van der Waals surface area contributed by atoms with Crippen LogP contribution in [0.15, 0.2) is 48.5 Å². The van der Waals surface area contributed by atoms with Gasteiger partial charge in [-0.3, -0.25) is 0 Å². The molecule has 0 unspecified atom stereocenters. The summed E-state index contributed by atoms with van der Waals surface area (Å²) in [6.45, 7) is 1.08. The minimum atomic E-state index is 0.431. The molecule has 3 N–H and O–H groups in total. The number of hydrogen-bond donors (Lipinski definition) is 2. The maximum Gasteiger partial charge on any atom is 0.225 e. The van der Waals surface area contributed by atoms with Crippen LogP contribution in [0.3, 0.4) is 0 Å². The molecule has 0 saturated carbocycles. The molecule has 7 nitrogen and oxygen atoms in total. The van der Waals surface area contributed by atoms with Crippen molar-refractivity contribution in [2.75, 3.05) is 31.3 Å². The molecule has 0 radical (unpaired) electrons. The van der Waals surface area contributed by atoms with Gasteiger partial charge in [-0.05, 0) is 36.4 Å². The molecule has 0 atom stereocenters. The summed E-state index contributed by atoms with van der Waals surface area (Å²) in [6, 6.07) is 14.7. The predicted octanol–water partition coefficient (Wildman–Crippen LogP) is 4.43. The van der Waals surface area contributed by atoms with Gasteiger partial charge in [0.1, 0.15) is 5.82 Å². The Balaban J connectivity index is 1.91. The summed E-state index contributed by atoms with van der Waals surface area (Å²) in [5.41, 5.74) is 9.19. The van der Waals surface area contributed by atoms with E-state index in [0.717, 1.165) is 11.3 Å². The molecule has 0 fully saturated rings. The summed E-state index contributed by atoms with van der Waals surface area (Å²) >= 11 is 12.2. The van der Waals surface area contributed by atoms with Crippen LogP contribution in [-0.2, 0) is 4.74 Å². The molecule has 4 aromatic rings. The van der Waals surface area contributed by atoms with Crippen molar-refractivity contribution in [3.63, 3.8) is 0 Å². The van der Waals surface area contributed by atoms with Crippen molar-refractivity contribution >= 4 is 46.0 Å². The summed E-state index contributed by atoms with van der Waals surface area (Å²) in [5, 5.41) is 9.64. The number of nitrogens with zero attached hydrogens (tertiary/aromatic N) is 4. The first-order chi connectivity index (χ1) is 14.1. The molecule has 29 heavy (non-hydrogen) atoms. The normalized spacial score (nSPS) is 11.1. The van der Waals surface area contributed by atoms with E-state index in [4.69, 9.17) is 33.7 Å². The molecular formula is C20H18Cl2N6O. The fourth-order valence-electron chi connectivity index (χ4n) is 2.98. The van der Waals surface area contributed by atoms with Crippen molar-refractivity contribution < 1.29 is 4.74 Å². The molecule has 2 aromatic heterocycles. The van der Waals surface area contributed by atoms with Crippen molar-refractivity contribution in [3.05, 3.63) is 58.6 Å². The van der Waals surface area contributed by atoms with Crippen LogP contribution in [0.1, 0.15) is 0 Å². The van der Waals surface area contributed by atoms with Crippen molar-refractivity contribution in [2.24, 2.45) is 0 Å². The van der Waals surface area contributed by atoms with Gasteiger partial charge < -0.3 is 15.8 Å². The van der Waals surface area contributed by atoms with Gasteiger partial charge in [0.25, 0.3) is 0 Å². The van der Waals surface area contributed by atoms with Crippen LogP contribution in [0.4, 0.5) is 11.8 Å². The highest BCUT2D eigenvalue weighted by atomic mass is 35.5. The fraction of sp³-hybridized carbons (Fsp3) is 0.150. The van der Waals surface area contributed by atoms with Crippen molar-refractivity contribution in [3.8, 4) is 16.9 Å². The molecule has 0 aliphatic heterocycles. The summed E-state index contributed by atoms with van der Waals surface area (Å²) in [7, 11) is 1.64. The van der Waals surface area contributed by atoms with Crippen LogP contribution in [0.25, 0.3) is 28.0 Å². The third-order valence-electron chi connectivity index (χ3n) is 4.33. The van der Waals surface area contributed by atoms with E-state index in [9.17, 15) is 0 Å². The largest absolute Gasteiger partial charge is 0.383 e. The van der Waals surface area contributed by atoms with E-state index in [1.807, 2.05) is 36.4 Å². The minimum Gasteiger partial charge on any atom is -0.383 e. The van der Waals surface area contributed by atoms with Crippen LogP contribution >= 0.6 is 23.2 Å². The Kier molecular flexibility index (Phi) is 5.53. The van der Waals surface area contributed by atoms with E-state index in [2.05, 4.69) is 20.4 Å². The molecule has 0 spiro atoms. The Morgan fingerprint density at radius 2 is 1.86 bits per heavy atom. The number of halogens is 2. The number of nitrogens with two attached hydrogens (primary N) is 1. The molecule has 0 bridgehead atoms. The van der Waals surface area contributed by atoms with Gasteiger partial charge >= 0.3 is 0 Å². The molecule has 0 saturated heterocycles. The lowest BCUT2D eigenvalue weighted by molar-refractivity contribution is 0.210. The number of hydrogen-bond acceptors (Lipinski definition) is 6.